The molecule has 1 aliphatic carbocycles. The van der Waals surface area contributed by atoms with Crippen LogP contribution in [0.15, 0.2) is 108 Å². The molecule has 0 amide bonds. The molecule has 0 saturated heterocycles. The molecule has 3 aromatic carbocycles. The van der Waals surface area contributed by atoms with E-state index in [-0.39, 0.29) is 18.0 Å². The van der Waals surface area contributed by atoms with Gasteiger partial charge in [0.25, 0.3) is 0 Å². The maximum absolute atomic E-state index is 13.4. The maximum Gasteiger partial charge on any atom is 0.197 e. The summed E-state index contributed by atoms with van der Waals surface area (Å²) in [5.41, 5.74) is 3.42. The summed E-state index contributed by atoms with van der Waals surface area (Å²) in [7, 11) is 0. The highest BCUT2D eigenvalue weighted by atomic mass is 16.5. The molecule has 158 valence electrons. The van der Waals surface area contributed by atoms with Crippen LogP contribution >= 0.6 is 0 Å². The first-order valence-electron chi connectivity index (χ1n) is 11.0. The van der Waals surface area contributed by atoms with E-state index in [1.165, 1.54) is 0 Å². The Hall–Kier alpha value is -3.72. The first-order valence-corrected chi connectivity index (χ1v) is 11.0. The zero-order valence-corrected chi connectivity index (χ0v) is 17.8. The normalized spacial score (nSPS) is 20.2. The molecule has 0 bridgehead atoms. The van der Waals surface area contributed by atoms with E-state index in [0.717, 1.165) is 35.1 Å². The van der Waals surface area contributed by atoms with Crippen molar-refractivity contribution >= 4 is 17.1 Å². The fraction of sp³-hybridized carbons (Fsp3) is 0.172. The molecule has 0 spiro atoms. The van der Waals surface area contributed by atoms with Crippen LogP contribution in [0.25, 0.3) is 5.57 Å². The molecule has 3 nitrogen and oxygen atoms in total. The fourth-order valence-electron chi connectivity index (χ4n) is 4.62. The molecule has 3 aromatic rings. The Bertz CT molecular complexity index is 1210. The Morgan fingerprint density at radius 1 is 0.812 bits per heavy atom. The monoisotopic (exact) mass is 420 g/mol. The van der Waals surface area contributed by atoms with Crippen LogP contribution in [0, 0.1) is 0 Å². The number of hydrogen-bond acceptors (Lipinski definition) is 3. The van der Waals surface area contributed by atoms with Gasteiger partial charge in [0.2, 0.25) is 0 Å². The molecule has 32 heavy (non-hydrogen) atoms. The summed E-state index contributed by atoms with van der Waals surface area (Å²) in [6.07, 6.45) is 4.25. The van der Waals surface area contributed by atoms with Crippen LogP contribution < -0.4 is 0 Å². The lowest BCUT2D eigenvalue weighted by molar-refractivity contribution is -0.122. The molecule has 0 fully saturated rings. The van der Waals surface area contributed by atoms with E-state index >= 15 is 0 Å². The first-order chi connectivity index (χ1) is 15.7. The standard InChI is InChI=1S/C29H24O3/c30-26-18-10-17-24-25(21-11-4-1-5-12-21)19-29(32-28(24)26,23-15-8-3-9-16-23)20-27(31)22-13-6-2-7-14-22/h1-9,11-16,19H,10,17-18,20H2/t29-/m0/s1. The Labute approximate surface area is 188 Å². The van der Waals surface area contributed by atoms with Gasteiger partial charge in [0.15, 0.2) is 22.9 Å². The average Bonchev–Trinajstić information content (AvgIpc) is 2.86. The number of allylic oxidation sites excluding steroid dienone is 3. The van der Waals surface area contributed by atoms with E-state index < -0.39 is 5.60 Å². The second-order valence-corrected chi connectivity index (χ2v) is 8.33. The van der Waals surface area contributed by atoms with E-state index in [4.69, 9.17) is 4.74 Å². The van der Waals surface area contributed by atoms with Crippen LogP contribution in [0.4, 0.5) is 0 Å². The minimum atomic E-state index is -1.05. The van der Waals surface area contributed by atoms with Crippen LogP contribution in [0.1, 0.15) is 47.2 Å². The van der Waals surface area contributed by atoms with Crippen LogP contribution in [0.2, 0.25) is 0 Å². The SMILES string of the molecule is O=C1CCCC2=C1O[C@@](CC(=O)c1ccccc1)(c1ccccc1)C=C2c1ccccc1. The fourth-order valence-corrected chi connectivity index (χ4v) is 4.62. The molecule has 3 heteroatoms. The third-order valence-electron chi connectivity index (χ3n) is 6.21. The van der Waals surface area contributed by atoms with Gasteiger partial charge in [-0.05, 0) is 35.6 Å². The molecule has 1 aliphatic heterocycles. The van der Waals surface area contributed by atoms with Gasteiger partial charge in [0.05, 0.1) is 6.42 Å². The summed E-state index contributed by atoms with van der Waals surface area (Å²) in [6.45, 7) is 0. The van der Waals surface area contributed by atoms with Gasteiger partial charge in [-0.15, -0.1) is 0 Å². The van der Waals surface area contributed by atoms with E-state index in [1.807, 2.05) is 78.9 Å². The predicted molar refractivity (Wildman–Crippen MR) is 125 cm³/mol. The highest BCUT2D eigenvalue weighted by Crippen LogP contribution is 2.47. The van der Waals surface area contributed by atoms with Crippen molar-refractivity contribution in [3.63, 3.8) is 0 Å². The van der Waals surface area contributed by atoms with Crippen LogP contribution in [0.5, 0.6) is 0 Å². The zero-order valence-electron chi connectivity index (χ0n) is 17.8. The number of hydrogen-bond donors (Lipinski definition) is 0. The summed E-state index contributed by atoms with van der Waals surface area (Å²) >= 11 is 0. The van der Waals surface area contributed by atoms with E-state index in [9.17, 15) is 9.59 Å². The molecule has 0 aromatic heterocycles. The summed E-state index contributed by atoms with van der Waals surface area (Å²) in [6, 6.07) is 29.1. The highest BCUT2D eigenvalue weighted by Gasteiger charge is 2.43. The molecule has 2 aliphatic rings. The molecule has 0 saturated carbocycles. The van der Waals surface area contributed by atoms with Gasteiger partial charge in [-0.3, -0.25) is 9.59 Å². The summed E-state index contributed by atoms with van der Waals surface area (Å²) in [5, 5.41) is 0. The van der Waals surface area contributed by atoms with Crippen molar-refractivity contribution < 1.29 is 14.3 Å². The largest absolute Gasteiger partial charge is 0.474 e. The van der Waals surface area contributed by atoms with Crippen molar-refractivity contribution in [1.29, 1.82) is 0 Å². The summed E-state index contributed by atoms with van der Waals surface area (Å²) in [4.78, 5) is 26.4. The molecule has 0 unspecified atom stereocenters. The van der Waals surface area contributed by atoms with Crippen molar-refractivity contribution in [2.45, 2.75) is 31.3 Å². The van der Waals surface area contributed by atoms with Crippen LogP contribution in [-0.2, 0) is 15.1 Å². The molecule has 1 atom stereocenters. The van der Waals surface area contributed by atoms with Gasteiger partial charge < -0.3 is 4.74 Å². The molecule has 0 N–H and O–H groups in total. The van der Waals surface area contributed by atoms with Gasteiger partial charge >= 0.3 is 0 Å². The highest BCUT2D eigenvalue weighted by molar-refractivity contribution is 6.02. The number of rotatable bonds is 5. The van der Waals surface area contributed by atoms with Crippen LogP contribution in [-0.4, -0.2) is 11.6 Å². The minimum Gasteiger partial charge on any atom is -0.474 e. The molecule has 0 radical (unpaired) electrons. The summed E-state index contributed by atoms with van der Waals surface area (Å²) < 4.78 is 6.55. The minimum absolute atomic E-state index is 0.0141. The first kappa shape index (κ1) is 20.2. The molecular weight excluding hydrogens is 396 g/mol. The number of ketones is 2. The van der Waals surface area contributed by atoms with Gasteiger partial charge in [-0.2, -0.15) is 0 Å². The number of ether oxygens (including phenoxy) is 1. The van der Waals surface area contributed by atoms with Crippen molar-refractivity contribution in [2.75, 3.05) is 0 Å². The van der Waals surface area contributed by atoms with Gasteiger partial charge in [0, 0.05) is 17.6 Å². The van der Waals surface area contributed by atoms with E-state index in [0.29, 0.717) is 17.7 Å². The topological polar surface area (TPSA) is 43.4 Å². The Kier molecular flexibility index (Phi) is 5.32. The number of Topliss-reactive ketones (excluding diaryl/α,β-unsaturated/α-hetero) is 2. The Morgan fingerprint density at radius 3 is 2.12 bits per heavy atom. The smallest absolute Gasteiger partial charge is 0.197 e. The third kappa shape index (κ3) is 3.71. The van der Waals surface area contributed by atoms with Crippen LogP contribution in [0.3, 0.4) is 0 Å². The lowest BCUT2D eigenvalue weighted by Gasteiger charge is -2.39. The molecule has 5 rings (SSSR count). The summed E-state index contributed by atoms with van der Waals surface area (Å²) in [5.74, 6) is 0.410. The second kappa shape index (κ2) is 8.43. The van der Waals surface area contributed by atoms with E-state index in [1.54, 1.807) is 0 Å². The number of carbonyl (C=O) groups is 2. The number of benzene rings is 3. The third-order valence-corrected chi connectivity index (χ3v) is 6.21. The van der Waals surface area contributed by atoms with Gasteiger partial charge in [-0.1, -0.05) is 91.0 Å². The van der Waals surface area contributed by atoms with E-state index in [2.05, 4.69) is 18.2 Å². The molecular formula is C29H24O3. The van der Waals surface area contributed by atoms with Crippen molar-refractivity contribution in [2.24, 2.45) is 0 Å². The zero-order chi connectivity index (χ0) is 22.0. The maximum atomic E-state index is 13.4. The number of carbonyl (C=O) groups excluding carboxylic acids is 2. The Morgan fingerprint density at radius 2 is 1.44 bits per heavy atom. The van der Waals surface area contributed by atoms with Crippen molar-refractivity contribution in [3.8, 4) is 0 Å². The van der Waals surface area contributed by atoms with Crippen molar-refractivity contribution in [3.05, 3.63) is 125 Å². The molecule has 1 heterocycles. The predicted octanol–water partition coefficient (Wildman–Crippen LogP) is 6.28. The average molecular weight is 421 g/mol. The van der Waals surface area contributed by atoms with Gasteiger partial charge in [0.1, 0.15) is 0 Å². The lowest BCUT2D eigenvalue weighted by atomic mass is 9.77. The second-order valence-electron chi connectivity index (χ2n) is 8.33. The lowest BCUT2D eigenvalue weighted by Crippen LogP contribution is -2.36. The van der Waals surface area contributed by atoms with Crippen molar-refractivity contribution in [1.82, 2.24) is 0 Å². The quantitative estimate of drug-likeness (QED) is 0.457. The Balaban J connectivity index is 1.69. The van der Waals surface area contributed by atoms with Gasteiger partial charge in [-0.25, -0.2) is 0 Å².